The predicted octanol–water partition coefficient (Wildman–Crippen LogP) is -0.453. The van der Waals surface area contributed by atoms with Crippen LogP contribution in [0.4, 0.5) is 4.39 Å². The number of carbonyl (C=O) groups excluding carboxylic acids is 5. The van der Waals surface area contributed by atoms with Crippen LogP contribution in [-0.2, 0) is 30.4 Å². The Hall–Kier alpha value is -4.23. The molecule has 1 aliphatic rings. The zero-order chi connectivity index (χ0) is 31.4. The molecule has 1 aromatic carbocycles. The predicted molar refractivity (Wildman–Crippen MR) is 154 cm³/mol. The second-order valence-electron chi connectivity index (χ2n) is 10.9. The lowest BCUT2D eigenvalue weighted by Crippen LogP contribution is -2.63. The summed E-state index contributed by atoms with van der Waals surface area (Å²) >= 11 is 0. The normalized spacial score (nSPS) is 24.0. The van der Waals surface area contributed by atoms with Gasteiger partial charge in [-0.05, 0) is 50.3 Å². The number of halogens is 1. The van der Waals surface area contributed by atoms with E-state index in [1.807, 2.05) is 0 Å². The Labute approximate surface area is 245 Å². The van der Waals surface area contributed by atoms with Gasteiger partial charge in [-0.3, -0.25) is 29.4 Å². The van der Waals surface area contributed by atoms with Gasteiger partial charge >= 0.3 is 0 Å². The van der Waals surface area contributed by atoms with E-state index in [4.69, 9.17) is 11.1 Å². The van der Waals surface area contributed by atoms with Crippen molar-refractivity contribution in [3.63, 3.8) is 0 Å². The summed E-state index contributed by atoms with van der Waals surface area (Å²) in [6, 6.07) is 2.43. The number of hydrogen-bond donors (Lipinski definition) is 8. The Balaban J connectivity index is 2.42. The molecular weight excluding hydrogens is 547 g/mol. The molecule has 13 nitrogen and oxygen atoms in total. The molecule has 9 N–H and O–H groups in total. The van der Waals surface area contributed by atoms with Crippen LogP contribution >= 0.6 is 0 Å². The minimum Gasteiger partial charge on any atom is -0.370 e. The SMILES string of the molecule is CC[C@@H]1NC(=O)[C@H](CCCNC(=N)N)NC(=O)[C@](C)(NC(=O)C(C)C)CCNC(=O)[C@@H](Cc2cccc(F)c2)NC1=O. The molecule has 4 atom stereocenters. The highest BCUT2D eigenvalue weighted by molar-refractivity contribution is 5.97. The highest BCUT2D eigenvalue weighted by Crippen LogP contribution is 2.14. The van der Waals surface area contributed by atoms with Crippen LogP contribution in [0.5, 0.6) is 0 Å². The molecule has 1 saturated heterocycles. The summed E-state index contributed by atoms with van der Waals surface area (Å²) in [6.45, 7) is 6.75. The molecule has 14 heteroatoms. The summed E-state index contributed by atoms with van der Waals surface area (Å²) in [5, 5.41) is 23.4. The van der Waals surface area contributed by atoms with E-state index in [0.717, 1.165) is 0 Å². The van der Waals surface area contributed by atoms with Crippen LogP contribution in [0.3, 0.4) is 0 Å². The molecule has 0 radical (unpaired) electrons. The lowest BCUT2D eigenvalue weighted by molar-refractivity contribution is -0.138. The van der Waals surface area contributed by atoms with Crippen molar-refractivity contribution in [2.24, 2.45) is 11.7 Å². The van der Waals surface area contributed by atoms with Crippen molar-refractivity contribution in [2.45, 2.75) is 83.5 Å². The number of amides is 5. The van der Waals surface area contributed by atoms with Crippen LogP contribution in [0.25, 0.3) is 0 Å². The summed E-state index contributed by atoms with van der Waals surface area (Å²) in [6.07, 6.45) is 0.625. The lowest BCUT2D eigenvalue weighted by Gasteiger charge is -2.33. The number of hydrogen-bond acceptors (Lipinski definition) is 6. The molecular formula is C28H43FN8O5. The molecule has 0 unspecified atom stereocenters. The highest BCUT2D eigenvalue weighted by atomic mass is 19.1. The number of guanidine groups is 1. The molecule has 1 heterocycles. The minimum absolute atomic E-state index is 0.0205. The molecule has 5 amide bonds. The maximum absolute atomic E-state index is 13.8. The Morgan fingerprint density at radius 3 is 2.38 bits per heavy atom. The Kier molecular flexibility index (Phi) is 12.7. The van der Waals surface area contributed by atoms with Crippen LogP contribution in [0.1, 0.15) is 58.9 Å². The molecule has 42 heavy (non-hydrogen) atoms. The van der Waals surface area contributed by atoms with Crippen LogP contribution in [-0.4, -0.2) is 72.2 Å². The topological polar surface area (TPSA) is 207 Å². The first-order valence-corrected chi connectivity index (χ1v) is 14.1. The average Bonchev–Trinajstić information content (AvgIpc) is 2.91. The van der Waals surface area contributed by atoms with E-state index in [1.165, 1.54) is 25.1 Å². The molecule has 0 aliphatic carbocycles. The van der Waals surface area contributed by atoms with E-state index in [9.17, 15) is 28.4 Å². The number of nitrogens with two attached hydrogens (primary N) is 1. The third-order valence-electron chi connectivity index (χ3n) is 6.96. The van der Waals surface area contributed by atoms with Gasteiger partial charge in [0.25, 0.3) is 0 Å². The number of benzene rings is 1. The average molecular weight is 591 g/mol. The Morgan fingerprint density at radius 1 is 1.10 bits per heavy atom. The number of nitrogens with one attached hydrogen (secondary N) is 7. The van der Waals surface area contributed by atoms with Gasteiger partial charge in [-0.2, -0.15) is 0 Å². The van der Waals surface area contributed by atoms with Gasteiger partial charge in [0.15, 0.2) is 5.96 Å². The quantitative estimate of drug-likeness (QED) is 0.108. The fourth-order valence-corrected chi connectivity index (χ4v) is 4.33. The molecule has 232 valence electrons. The zero-order valence-electron chi connectivity index (χ0n) is 24.6. The third kappa shape index (κ3) is 10.3. The summed E-state index contributed by atoms with van der Waals surface area (Å²) < 4.78 is 13.8. The Morgan fingerprint density at radius 2 is 1.76 bits per heavy atom. The monoisotopic (exact) mass is 590 g/mol. The maximum atomic E-state index is 13.8. The highest BCUT2D eigenvalue weighted by Gasteiger charge is 2.38. The molecule has 0 spiro atoms. The molecule has 2 rings (SSSR count). The molecule has 0 saturated carbocycles. The van der Waals surface area contributed by atoms with Crippen molar-refractivity contribution in [1.29, 1.82) is 5.41 Å². The van der Waals surface area contributed by atoms with Gasteiger partial charge in [-0.15, -0.1) is 0 Å². The lowest BCUT2D eigenvalue weighted by atomic mass is 9.94. The standard InChI is InChI=1S/C28H43FN8O5/c1-5-19-24(40)35-21(15-17-8-6-9-18(29)14-17)23(39)32-13-11-28(4,37-22(38)16(2)3)26(42)36-20(25(41)34-19)10-7-12-33-27(30)31/h6,8-9,14,16,19-21H,5,7,10-13,15H2,1-4H3,(H,32,39)(H,34,41)(H,35,40)(H,36,42)(H,37,38)(H4,30,31,33)/t19-,20-,21+,28+/m0/s1. The van der Waals surface area contributed by atoms with Crippen LogP contribution in [0.2, 0.25) is 0 Å². The van der Waals surface area contributed by atoms with Gasteiger partial charge in [0.2, 0.25) is 29.5 Å². The van der Waals surface area contributed by atoms with Crippen LogP contribution in [0, 0.1) is 17.1 Å². The second kappa shape index (κ2) is 15.7. The smallest absolute Gasteiger partial charge is 0.246 e. The molecule has 1 aromatic rings. The number of carbonyl (C=O) groups is 5. The first kappa shape index (κ1) is 34.0. The summed E-state index contributed by atoms with van der Waals surface area (Å²) in [5.74, 6) is -4.02. The largest absolute Gasteiger partial charge is 0.370 e. The second-order valence-corrected chi connectivity index (χ2v) is 10.9. The molecule has 0 bridgehead atoms. The van der Waals surface area contributed by atoms with Crippen molar-refractivity contribution < 1.29 is 28.4 Å². The van der Waals surface area contributed by atoms with E-state index in [2.05, 4.69) is 31.9 Å². The van der Waals surface area contributed by atoms with Gasteiger partial charge in [0, 0.05) is 25.4 Å². The molecule has 1 fully saturated rings. The van der Waals surface area contributed by atoms with Gasteiger partial charge in [0.1, 0.15) is 29.5 Å². The van der Waals surface area contributed by atoms with E-state index >= 15 is 0 Å². The van der Waals surface area contributed by atoms with Gasteiger partial charge in [0.05, 0.1) is 0 Å². The van der Waals surface area contributed by atoms with Gasteiger partial charge in [-0.1, -0.05) is 32.9 Å². The van der Waals surface area contributed by atoms with Gasteiger partial charge in [-0.25, -0.2) is 4.39 Å². The first-order chi connectivity index (χ1) is 19.7. The van der Waals surface area contributed by atoms with Crippen LogP contribution in [0.15, 0.2) is 24.3 Å². The summed E-state index contributed by atoms with van der Waals surface area (Å²) in [7, 11) is 0. The Bertz CT molecular complexity index is 1160. The van der Waals surface area contributed by atoms with Crippen molar-refractivity contribution >= 4 is 35.5 Å². The summed E-state index contributed by atoms with van der Waals surface area (Å²) in [5.41, 5.74) is 4.30. The summed E-state index contributed by atoms with van der Waals surface area (Å²) in [4.78, 5) is 66.1. The molecule has 0 aromatic heterocycles. The van der Waals surface area contributed by atoms with E-state index < -0.39 is 64.9 Å². The first-order valence-electron chi connectivity index (χ1n) is 14.1. The van der Waals surface area contributed by atoms with E-state index in [0.29, 0.717) is 12.0 Å². The fraction of sp³-hybridized carbons (Fsp3) is 0.571. The zero-order valence-corrected chi connectivity index (χ0v) is 24.6. The van der Waals surface area contributed by atoms with Crippen LogP contribution < -0.4 is 37.6 Å². The van der Waals surface area contributed by atoms with Crippen molar-refractivity contribution in [1.82, 2.24) is 31.9 Å². The fourth-order valence-electron chi connectivity index (χ4n) is 4.33. The van der Waals surface area contributed by atoms with Gasteiger partial charge < -0.3 is 37.6 Å². The maximum Gasteiger partial charge on any atom is 0.246 e. The minimum atomic E-state index is -1.50. The number of rotatable bonds is 9. The van der Waals surface area contributed by atoms with Crippen molar-refractivity contribution in [3.8, 4) is 0 Å². The molecule has 1 aliphatic heterocycles. The van der Waals surface area contributed by atoms with E-state index in [1.54, 1.807) is 26.8 Å². The van der Waals surface area contributed by atoms with E-state index in [-0.39, 0.29) is 44.7 Å². The van der Waals surface area contributed by atoms with Crippen molar-refractivity contribution in [3.05, 3.63) is 35.6 Å². The van der Waals surface area contributed by atoms with Crippen molar-refractivity contribution in [2.75, 3.05) is 13.1 Å². The third-order valence-corrected chi connectivity index (χ3v) is 6.96.